The summed E-state index contributed by atoms with van der Waals surface area (Å²) in [5.74, 6) is -3.21. The van der Waals surface area contributed by atoms with Crippen molar-refractivity contribution in [3.8, 4) is 0 Å². The molecule has 0 rings (SSSR count). The van der Waals surface area contributed by atoms with Crippen LogP contribution in [0.25, 0.3) is 0 Å². The molecule has 0 aromatic carbocycles. The van der Waals surface area contributed by atoms with Crippen LogP contribution in [-0.4, -0.2) is 29.4 Å². The average Bonchev–Trinajstić information content (AvgIpc) is 2.04. The van der Waals surface area contributed by atoms with Crippen molar-refractivity contribution in [3.63, 3.8) is 0 Å². The molecule has 0 aliphatic carbocycles. The number of carbonyl (C=O) groups is 3. The lowest BCUT2D eigenvalue weighted by Gasteiger charge is -1.99. The van der Waals surface area contributed by atoms with Crippen molar-refractivity contribution in [2.45, 2.75) is 13.3 Å². The van der Waals surface area contributed by atoms with Crippen LogP contribution in [-0.2, 0) is 19.1 Å². The molecule has 0 aliphatic rings. The summed E-state index contributed by atoms with van der Waals surface area (Å²) in [4.78, 5) is 31.8. The Bertz CT molecular complexity index is 253. The van der Waals surface area contributed by atoms with Crippen molar-refractivity contribution < 1.29 is 24.2 Å². The van der Waals surface area contributed by atoms with Gasteiger partial charge in [0.25, 0.3) is 0 Å². The van der Waals surface area contributed by atoms with Gasteiger partial charge in [-0.25, -0.2) is 9.59 Å². The first-order valence-corrected chi connectivity index (χ1v) is 3.60. The minimum Gasteiger partial charge on any atom is -0.478 e. The van der Waals surface area contributed by atoms with Gasteiger partial charge in [-0.1, -0.05) is 6.58 Å². The number of rotatable bonds is 5. The van der Waals surface area contributed by atoms with Gasteiger partial charge < -0.3 is 9.84 Å². The Hall–Kier alpha value is -1.65. The van der Waals surface area contributed by atoms with E-state index >= 15 is 0 Å². The molecule has 0 bridgehead atoms. The first-order chi connectivity index (χ1) is 5.99. The summed E-state index contributed by atoms with van der Waals surface area (Å²) in [6.07, 6.45) is -0.506. The molecule has 0 aromatic rings. The predicted molar refractivity (Wildman–Crippen MR) is 43.0 cm³/mol. The number of carboxylic acids is 1. The molecular weight excluding hydrogens is 176 g/mol. The highest BCUT2D eigenvalue weighted by Crippen LogP contribution is 2.00. The first-order valence-electron chi connectivity index (χ1n) is 3.60. The number of aliphatic carboxylic acids is 1. The second-order valence-electron chi connectivity index (χ2n) is 2.23. The van der Waals surface area contributed by atoms with E-state index in [0.717, 1.165) is 0 Å². The zero-order valence-corrected chi connectivity index (χ0v) is 7.20. The first kappa shape index (κ1) is 11.4. The fourth-order valence-corrected chi connectivity index (χ4v) is 0.553. The standard InChI is InChI=1S/C8H10O5/c1-3-13-8(12)6(9)4-5(2)7(10)11/h2-4H2,1H3,(H,10,11). The minimum atomic E-state index is -1.29. The van der Waals surface area contributed by atoms with E-state index in [2.05, 4.69) is 11.3 Å². The molecular formula is C8H10O5. The maximum absolute atomic E-state index is 10.8. The van der Waals surface area contributed by atoms with Gasteiger partial charge in [-0.05, 0) is 6.92 Å². The molecule has 0 spiro atoms. The van der Waals surface area contributed by atoms with E-state index in [1.54, 1.807) is 6.92 Å². The van der Waals surface area contributed by atoms with E-state index in [1.165, 1.54) is 0 Å². The minimum absolute atomic E-state index is 0.0874. The molecule has 0 atom stereocenters. The smallest absolute Gasteiger partial charge is 0.374 e. The van der Waals surface area contributed by atoms with Crippen molar-refractivity contribution in [1.29, 1.82) is 0 Å². The van der Waals surface area contributed by atoms with Gasteiger partial charge in [0, 0.05) is 12.0 Å². The van der Waals surface area contributed by atoms with Gasteiger partial charge in [-0.3, -0.25) is 4.79 Å². The normalized spacial score (nSPS) is 9.00. The summed E-state index contributed by atoms with van der Waals surface area (Å²) in [6, 6.07) is 0. The van der Waals surface area contributed by atoms with Gasteiger partial charge in [0.05, 0.1) is 6.61 Å². The van der Waals surface area contributed by atoms with E-state index in [0.29, 0.717) is 0 Å². The lowest BCUT2D eigenvalue weighted by atomic mass is 10.1. The summed E-state index contributed by atoms with van der Waals surface area (Å²) in [5, 5.41) is 8.34. The number of esters is 1. The maximum Gasteiger partial charge on any atom is 0.374 e. The molecule has 0 saturated heterocycles. The van der Waals surface area contributed by atoms with E-state index in [4.69, 9.17) is 5.11 Å². The number of carboxylic acid groups (broad SMARTS) is 1. The number of Topliss-reactive ketones (excluding diaryl/α,β-unsaturated/α-hetero) is 1. The van der Waals surface area contributed by atoms with E-state index in [9.17, 15) is 14.4 Å². The van der Waals surface area contributed by atoms with Gasteiger partial charge in [0.15, 0.2) is 0 Å². The summed E-state index contributed by atoms with van der Waals surface area (Å²) < 4.78 is 4.36. The Morgan fingerprint density at radius 2 is 1.92 bits per heavy atom. The van der Waals surface area contributed by atoms with Crippen LogP contribution in [0.1, 0.15) is 13.3 Å². The van der Waals surface area contributed by atoms with Gasteiger partial charge in [0.2, 0.25) is 5.78 Å². The highest BCUT2D eigenvalue weighted by atomic mass is 16.5. The van der Waals surface area contributed by atoms with Crippen molar-refractivity contribution in [3.05, 3.63) is 12.2 Å². The van der Waals surface area contributed by atoms with Crippen LogP contribution in [0.4, 0.5) is 0 Å². The van der Waals surface area contributed by atoms with Gasteiger partial charge in [-0.2, -0.15) is 0 Å². The van der Waals surface area contributed by atoms with Crippen LogP contribution in [0.2, 0.25) is 0 Å². The third-order valence-electron chi connectivity index (χ3n) is 1.18. The van der Waals surface area contributed by atoms with Crippen LogP contribution in [0.15, 0.2) is 12.2 Å². The number of ketones is 1. The Morgan fingerprint density at radius 3 is 2.31 bits per heavy atom. The number of ether oxygens (including phenoxy) is 1. The molecule has 72 valence electrons. The third-order valence-corrected chi connectivity index (χ3v) is 1.18. The summed E-state index contributed by atoms with van der Waals surface area (Å²) in [7, 11) is 0. The fraction of sp³-hybridized carbons (Fsp3) is 0.375. The van der Waals surface area contributed by atoms with Crippen molar-refractivity contribution >= 4 is 17.7 Å². The van der Waals surface area contributed by atoms with Crippen molar-refractivity contribution in [2.24, 2.45) is 0 Å². The molecule has 0 radical (unpaired) electrons. The highest BCUT2D eigenvalue weighted by Gasteiger charge is 2.18. The molecule has 0 amide bonds. The Balaban J connectivity index is 4.08. The van der Waals surface area contributed by atoms with Crippen molar-refractivity contribution in [1.82, 2.24) is 0 Å². The van der Waals surface area contributed by atoms with Crippen LogP contribution < -0.4 is 0 Å². The maximum atomic E-state index is 10.8. The number of hydrogen-bond acceptors (Lipinski definition) is 4. The Morgan fingerprint density at radius 1 is 1.38 bits per heavy atom. The van der Waals surface area contributed by atoms with Crippen LogP contribution in [0.5, 0.6) is 0 Å². The SMILES string of the molecule is C=C(CC(=O)C(=O)OCC)C(=O)O. The zero-order valence-electron chi connectivity index (χ0n) is 7.20. The topological polar surface area (TPSA) is 80.7 Å². The van der Waals surface area contributed by atoms with E-state index in [-0.39, 0.29) is 12.2 Å². The molecule has 0 fully saturated rings. The third kappa shape index (κ3) is 4.05. The largest absolute Gasteiger partial charge is 0.478 e. The lowest BCUT2D eigenvalue weighted by molar-refractivity contribution is -0.153. The van der Waals surface area contributed by atoms with Gasteiger partial charge in [0.1, 0.15) is 0 Å². The van der Waals surface area contributed by atoms with Crippen LogP contribution in [0.3, 0.4) is 0 Å². The molecule has 0 unspecified atom stereocenters. The highest BCUT2D eigenvalue weighted by molar-refractivity contribution is 6.34. The Kier molecular flexibility index (Phi) is 4.43. The van der Waals surface area contributed by atoms with E-state index < -0.39 is 24.1 Å². The predicted octanol–water partition coefficient (Wildman–Crippen LogP) is 0.149. The molecule has 5 nitrogen and oxygen atoms in total. The second kappa shape index (κ2) is 5.08. The monoisotopic (exact) mass is 186 g/mol. The van der Waals surface area contributed by atoms with Gasteiger partial charge >= 0.3 is 11.9 Å². The Labute approximate surface area is 75.0 Å². The number of carbonyl (C=O) groups excluding carboxylic acids is 2. The van der Waals surface area contributed by atoms with Gasteiger partial charge in [-0.15, -0.1) is 0 Å². The summed E-state index contributed by atoms with van der Waals surface area (Å²) in [5.41, 5.74) is -0.321. The summed E-state index contributed by atoms with van der Waals surface area (Å²) in [6.45, 7) is 4.75. The molecule has 1 N–H and O–H groups in total. The van der Waals surface area contributed by atoms with Crippen LogP contribution >= 0.6 is 0 Å². The molecule has 5 heteroatoms. The summed E-state index contributed by atoms with van der Waals surface area (Å²) >= 11 is 0. The van der Waals surface area contributed by atoms with Crippen molar-refractivity contribution in [2.75, 3.05) is 6.61 Å². The molecule has 0 saturated carbocycles. The average molecular weight is 186 g/mol. The van der Waals surface area contributed by atoms with E-state index in [1.807, 2.05) is 0 Å². The molecule has 13 heavy (non-hydrogen) atoms. The molecule has 0 aromatic heterocycles. The number of hydrogen-bond donors (Lipinski definition) is 1. The van der Waals surface area contributed by atoms with Crippen LogP contribution in [0, 0.1) is 0 Å². The lowest BCUT2D eigenvalue weighted by Crippen LogP contribution is -2.19. The second-order valence-corrected chi connectivity index (χ2v) is 2.23. The fourth-order valence-electron chi connectivity index (χ4n) is 0.553. The molecule has 0 heterocycles. The molecule has 0 aliphatic heterocycles. The zero-order chi connectivity index (χ0) is 10.4. The quantitative estimate of drug-likeness (QED) is 0.375.